The summed E-state index contributed by atoms with van der Waals surface area (Å²) in [7, 11) is 0. The van der Waals surface area contributed by atoms with Gasteiger partial charge in [-0.15, -0.1) is 0 Å². The standard InChI is InChI=1S/C46H94N4O2/c1-7-9-11-13-15-17-19-21-23-25-27-29-31-35-43(51)49(41-33-39-47)45(3,4)37-38-46(5,6)50(42-34-40-48)44(52)36-32-30-28-26-24-22-20-18-16-14-12-10-8-2/h7-42,47-48H2,1-6H3. The van der Waals surface area contributed by atoms with Crippen molar-refractivity contribution in [2.24, 2.45) is 11.5 Å². The Balaban J connectivity index is 4.69. The molecule has 0 aliphatic rings. The third kappa shape index (κ3) is 27.4. The highest BCUT2D eigenvalue weighted by Crippen LogP contribution is 2.30. The minimum absolute atomic E-state index is 0.262. The second-order valence-electron chi connectivity index (χ2n) is 17.5. The molecule has 0 heterocycles. The Morgan fingerprint density at radius 1 is 0.385 bits per heavy atom. The van der Waals surface area contributed by atoms with Crippen molar-refractivity contribution in [3.05, 3.63) is 0 Å². The van der Waals surface area contributed by atoms with Gasteiger partial charge < -0.3 is 21.3 Å². The molecule has 6 nitrogen and oxygen atoms in total. The fraction of sp³-hybridized carbons (Fsp3) is 0.957. The van der Waals surface area contributed by atoms with E-state index in [2.05, 4.69) is 51.3 Å². The summed E-state index contributed by atoms with van der Waals surface area (Å²) in [6.07, 6.45) is 38.6. The average molecular weight is 735 g/mol. The van der Waals surface area contributed by atoms with E-state index in [1.54, 1.807) is 0 Å². The second-order valence-corrected chi connectivity index (χ2v) is 17.5. The van der Waals surface area contributed by atoms with Gasteiger partial charge in [-0.25, -0.2) is 0 Å². The van der Waals surface area contributed by atoms with Gasteiger partial charge in [-0.2, -0.15) is 0 Å². The minimum Gasteiger partial charge on any atom is -0.338 e. The van der Waals surface area contributed by atoms with E-state index < -0.39 is 0 Å². The summed E-state index contributed by atoms with van der Waals surface area (Å²) < 4.78 is 0. The average Bonchev–Trinajstić information content (AvgIpc) is 3.11. The molecule has 0 atom stereocenters. The van der Waals surface area contributed by atoms with Crippen LogP contribution in [0, 0.1) is 0 Å². The van der Waals surface area contributed by atoms with Crippen LogP contribution in [0.15, 0.2) is 0 Å². The quantitative estimate of drug-likeness (QED) is 0.0615. The minimum atomic E-state index is -0.294. The summed E-state index contributed by atoms with van der Waals surface area (Å²) in [6.45, 7) is 16.0. The van der Waals surface area contributed by atoms with Crippen LogP contribution in [0.5, 0.6) is 0 Å². The summed E-state index contributed by atoms with van der Waals surface area (Å²) in [6, 6.07) is 0. The zero-order valence-electron chi connectivity index (χ0n) is 36.3. The molecule has 0 aromatic heterocycles. The Morgan fingerprint density at radius 3 is 0.846 bits per heavy atom. The van der Waals surface area contributed by atoms with Crippen LogP contribution in [0.3, 0.4) is 0 Å². The maximum Gasteiger partial charge on any atom is 0.223 e. The number of hydrogen-bond donors (Lipinski definition) is 2. The van der Waals surface area contributed by atoms with E-state index >= 15 is 0 Å². The molecule has 310 valence electrons. The highest BCUT2D eigenvalue weighted by atomic mass is 16.2. The SMILES string of the molecule is CCCCCCCCCCCCCCCC(=O)N(CCCN)C(C)(C)CCC(C)(C)N(CCCN)C(=O)CCCCCCCCCCCCCCC. The van der Waals surface area contributed by atoms with Crippen LogP contribution in [0.25, 0.3) is 0 Å². The predicted molar refractivity (Wildman–Crippen MR) is 229 cm³/mol. The predicted octanol–water partition coefficient (Wildman–Crippen LogP) is 12.6. The van der Waals surface area contributed by atoms with Crippen LogP contribution < -0.4 is 11.5 Å². The van der Waals surface area contributed by atoms with Crippen LogP contribution in [0.1, 0.15) is 247 Å². The molecule has 0 aromatic carbocycles. The number of hydrogen-bond acceptors (Lipinski definition) is 4. The zero-order valence-corrected chi connectivity index (χ0v) is 36.3. The largest absolute Gasteiger partial charge is 0.338 e. The van der Waals surface area contributed by atoms with Crippen molar-refractivity contribution in [3.63, 3.8) is 0 Å². The maximum absolute atomic E-state index is 13.6. The van der Waals surface area contributed by atoms with E-state index in [4.69, 9.17) is 11.5 Å². The molecule has 0 aliphatic heterocycles. The van der Waals surface area contributed by atoms with E-state index in [0.717, 1.165) is 51.4 Å². The molecule has 0 unspecified atom stereocenters. The summed E-state index contributed by atoms with van der Waals surface area (Å²) in [5.41, 5.74) is 11.3. The Labute approximate surface area is 326 Å². The van der Waals surface area contributed by atoms with Crippen LogP contribution >= 0.6 is 0 Å². The molecular formula is C46H94N4O2. The lowest BCUT2D eigenvalue weighted by Gasteiger charge is -2.44. The molecule has 0 bridgehead atoms. The molecule has 0 spiro atoms. The van der Waals surface area contributed by atoms with Crippen molar-refractivity contribution in [1.29, 1.82) is 0 Å². The molecule has 52 heavy (non-hydrogen) atoms. The lowest BCUT2D eigenvalue weighted by molar-refractivity contribution is -0.140. The third-order valence-electron chi connectivity index (χ3n) is 11.6. The first-order valence-electron chi connectivity index (χ1n) is 23.1. The Bertz CT molecular complexity index is 748. The van der Waals surface area contributed by atoms with E-state index in [1.165, 1.54) is 141 Å². The fourth-order valence-corrected chi connectivity index (χ4v) is 7.77. The lowest BCUT2D eigenvalue weighted by Crippen LogP contribution is -2.52. The van der Waals surface area contributed by atoms with Gasteiger partial charge in [0.1, 0.15) is 0 Å². The monoisotopic (exact) mass is 735 g/mol. The molecule has 0 aliphatic carbocycles. The van der Waals surface area contributed by atoms with Crippen molar-refractivity contribution in [2.75, 3.05) is 26.2 Å². The van der Waals surface area contributed by atoms with Crippen LogP contribution in [-0.2, 0) is 9.59 Å². The highest BCUT2D eigenvalue weighted by molar-refractivity contribution is 5.77. The number of carbonyl (C=O) groups is 2. The summed E-state index contributed by atoms with van der Waals surface area (Å²) in [5.74, 6) is 0.524. The lowest BCUT2D eigenvalue weighted by atomic mass is 9.86. The molecule has 0 saturated carbocycles. The van der Waals surface area contributed by atoms with Gasteiger partial charge in [0.15, 0.2) is 0 Å². The van der Waals surface area contributed by atoms with Crippen molar-refractivity contribution in [1.82, 2.24) is 9.80 Å². The molecular weight excluding hydrogens is 641 g/mol. The van der Waals surface area contributed by atoms with E-state index in [0.29, 0.717) is 39.0 Å². The van der Waals surface area contributed by atoms with Gasteiger partial charge in [0.2, 0.25) is 11.8 Å². The summed E-state index contributed by atoms with van der Waals surface area (Å²) in [5, 5.41) is 0. The molecule has 0 saturated heterocycles. The van der Waals surface area contributed by atoms with Crippen LogP contribution in [-0.4, -0.2) is 58.9 Å². The number of amides is 2. The Morgan fingerprint density at radius 2 is 0.615 bits per heavy atom. The molecule has 0 fully saturated rings. The molecule has 0 rings (SSSR count). The number of nitrogens with two attached hydrogens (primary N) is 2. The fourth-order valence-electron chi connectivity index (χ4n) is 7.77. The first kappa shape index (κ1) is 50.9. The van der Waals surface area contributed by atoms with Gasteiger partial charge in [-0.05, 0) is 79.3 Å². The van der Waals surface area contributed by atoms with Crippen molar-refractivity contribution in [3.8, 4) is 0 Å². The molecule has 4 N–H and O–H groups in total. The van der Waals surface area contributed by atoms with E-state index in [1.807, 2.05) is 0 Å². The maximum atomic E-state index is 13.6. The number of carbonyl (C=O) groups excluding carboxylic acids is 2. The highest BCUT2D eigenvalue weighted by Gasteiger charge is 2.35. The molecule has 6 heteroatoms. The van der Waals surface area contributed by atoms with Crippen LogP contribution in [0.4, 0.5) is 0 Å². The number of nitrogens with zero attached hydrogens (tertiary/aromatic N) is 2. The topological polar surface area (TPSA) is 92.7 Å². The second kappa shape index (κ2) is 34.4. The van der Waals surface area contributed by atoms with Crippen molar-refractivity contribution >= 4 is 11.8 Å². The molecule has 2 amide bonds. The number of unbranched alkanes of at least 4 members (excludes halogenated alkanes) is 24. The summed E-state index contributed by atoms with van der Waals surface area (Å²) >= 11 is 0. The zero-order chi connectivity index (χ0) is 38.8. The molecule has 0 radical (unpaired) electrons. The smallest absolute Gasteiger partial charge is 0.223 e. The van der Waals surface area contributed by atoms with Gasteiger partial charge in [0.05, 0.1) is 0 Å². The van der Waals surface area contributed by atoms with Gasteiger partial charge in [0.25, 0.3) is 0 Å². The Kier molecular flexibility index (Phi) is 33.6. The van der Waals surface area contributed by atoms with Gasteiger partial charge in [-0.3, -0.25) is 9.59 Å². The van der Waals surface area contributed by atoms with E-state index in [9.17, 15) is 9.59 Å². The first-order valence-corrected chi connectivity index (χ1v) is 23.1. The van der Waals surface area contributed by atoms with Gasteiger partial charge in [-0.1, -0.05) is 168 Å². The summed E-state index contributed by atoms with van der Waals surface area (Å²) in [4.78, 5) is 31.4. The Hall–Kier alpha value is -1.14. The number of rotatable bonds is 39. The van der Waals surface area contributed by atoms with Gasteiger partial charge >= 0.3 is 0 Å². The van der Waals surface area contributed by atoms with Crippen LogP contribution in [0.2, 0.25) is 0 Å². The van der Waals surface area contributed by atoms with Crippen molar-refractivity contribution in [2.45, 2.75) is 258 Å². The van der Waals surface area contributed by atoms with Crippen molar-refractivity contribution < 1.29 is 9.59 Å². The first-order chi connectivity index (χ1) is 25.1. The third-order valence-corrected chi connectivity index (χ3v) is 11.6. The van der Waals surface area contributed by atoms with E-state index in [-0.39, 0.29) is 22.9 Å². The van der Waals surface area contributed by atoms with Gasteiger partial charge in [0, 0.05) is 37.0 Å². The molecule has 0 aromatic rings. The normalized spacial score (nSPS) is 12.1.